The highest BCUT2D eigenvalue weighted by Crippen LogP contribution is 2.30. The van der Waals surface area contributed by atoms with Crippen molar-refractivity contribution in [1.29, 1.82) is 0 Å². The minimum Gasteiger partial charge on any atom is -0.490 e. The summed E-state index contributed by atoms with van der Waals surface area (Å²) >= 11 is 0. The molecule has 144 valence electrons. The summed E-state index contributed by atoms with van der Waals surface area (Å²) in [6.45, 7) is 5.93. The zero-order chi connectivity index (χ0) is 19.5. The minimum atomic E-state index is -0.0720. The largest absolute Gasteiger partial charge is 0.490 e. The van der Waals surface area contributed by atoms with Crippen LogP contribution in [0, 0.1) is 0 Å². The van der Waals surface area contributed by atoms with Crippen LogP contribution in [0.3, 0.4) is 0 Å². The molecule has 0 unspecified atom stereocenters. The Kier molecular flexibility index (Phi) is 8.39. The third-order valence-electron chi connectivity index (χ3n) is 3.77. The molecule has 0 aromatic heterocycles. The van der Waals surface area contributed by atoms with Gasteiger partial charge >= 0.3 is 0 Å². The number of nitrogens with one attached hydrogen (secondary N) is 1. The van der Waals surface area contributed by atoms with Gasteiger partial charge in [0.05, 0.1) is 19.8 Å². The number of likely N-dealkylation sites (N-methyl/N-ethyl adjacent to an activating group) is 1. The number of rotatable bonds is 10. The van der Waals surface area contributed by atoms with Gasteiger partial charge in [0.25, 0.3) is 0 Å². The number of carbonyl (C=O) groups excluding carboxylic acids is 1. The van der Waals surface area contributed by atoms with Gasteiger partial charge in [0, 0.05) is 18.3 Å². The van der Waals surface area contributed by atoms with E-state index in [0.717, 1.165) is 5.56 Å². The van der Waals surface area contributed by atoms with Gasteiger partial charge in [-0.2, -0.15) is 0 Å². The van der Waals surface area contributed by atoms with E-state index in [1.165, 1.54) is 0 Å². The van der Waals surface area contributed by atoms with Crippen molar-refractivity contribution >= 4 is 17.7 Å². The highest BCUT2D eigenvalue weighted by Gasteiger charge is 2.10. The van der Waals surface area contributed by atoms with Crippen LogP contribution >= 0.6 is 0 Å². The third-order valence-corrected chi connectivity index (χ3v) is 3.77. The summed E-state index contributed by atoms with van der Waals surface area (Å²) in [5, 5.41) is 2.91. The lowest BCUT2D eigenvalue weighted by molar-refractivity contribution is -0.116. The van der Waals surface area contributed by atoms with Gasteiger partial charge in [-0.3, -0.25) is 9.69 Å². The highest BCUT2D eigenvalue weighted by molar-refractivity contribution is 5.92. The Labute approximate surface area is 161 Å². The summed E-state index contributed by atoms with van der Waals surface area (Å²) in [4.78, 5) is 14.2. The quantitative estimate of drug-likeness (QED) is 0.687. The van der Waals surface area contributed by atoms with E-state index in [4.69, 9.17) is 9.47 Å². The zero-order valence-corrected chi connectivity index (χ0v) is 16.3. The van der Waals surface area contributed by atoms with Crippen LogP contribution in [0.5, 0.6) is 11.5 Å². The van der Waals surface area contributed by atoms with Crippen LogP contribution in [-0.2, 0) is 4.79 Å². The van der Waals surface area contributed by atoms with Crippen LogP contribution < -0.4 is 14.8 Å². The number of anilines is 1. The number of benzene rings is 2. The third kappa shape index (κ3) is 7.15. The van der Waals surface area contributed by atoms with E-state index in [-0.39, 0.29) is 5.91 Å². The first kappa shape index (κ1) is 20.5. The summed E-state index contributed by atoms with van der Waals surface area (Å²) in [6, 6.07) is 15.5. The Morgan fingerprint density at radius 3 is 2.44 bits per heavy atom. The molecule has 2 aromatic rings. The Balaban J connectivity index is 1.87. The van der Waals surface area contributed by atoms with E-state index in [1.54, 1.807) is 6.07 Å². The van der Waals surface area contributed by atoms with Gasteiger partial charge in [-0.25, -0.2) is 0 Å². The first-order valence-electron chi connectivity index (χ1n) is 9.22. The molecule has 0 fully saturated rings. The van der Waals surface area contributed by atoms with Crippen LogP contribution in [0.2, 0.25) is 0 Å². The summed E-state index contributed by atoms with van der Waals surface area (Å²) in [7, 11) is 1.92. The maximum atomic E-state index is 12.3. The number of hydrogen-bond donors (Lipinski definition) is 1. The molecular weight excluding hydrogens is 340 g/mol. The van der Waals surface area contributed by atoms with Crippen LogP contribution in [0.1, 0.15) is 19.4 Å². The summed E-state index contributed by atoms with van der Waals surface area (Å²) < 4.78 is 11.1. The standard InChI is InChI=1S/C22H28N2O3/c1-4-26-20-14-13-19(16-21(20)27-5-2)23-22(25)17-24(3)15-9-12-18-10-7-6-8-11-18/h6-14,16H,4-5,15,17H2,1-3H3,(H,23,25)/b12-9+. The van der Waals surface area contributed by atoms with E-state index in [2.05, 4.69) is 11.4 Å². The number of hydrogen-bond acceptors (Lipinski definition) is 4. The summed E-state index contributed by atoms with van der Waals surface area (Å²) in [5.41, 5.74) is 1.84. The topological polar surface area (TPSA) is 50.8 Å². The van der Waals surface area contributed by atoms with Crippen molar-refractivity contribution in [3.05, 3.63) is 60.2 Å². The van der Waals surface area contributed by atoms with Gasteiger partial charge in [0.2, 0.25) is 5.91 Å². The van der Waals surface area contributed by atoms with Gasteiger partial charge in [-0.1, -0.05) is 42.5 Å². The number of ether oxygens (including phenoxy) is 2. The Morgan fingerprint density at radius 1 is 1.04 bits per heavy atom. The van der Waals surface area contributed by atoms with E-state index < -0.39 is 0 Å². The lowest BCUT2D eigenvalue weighted by atomic mass is 10.2. The molecule has 0 saturated carbocycles. The second kappa shape index (κ2) is 11.0. The molecule has 1 amide bonds. The van der Waals surface area contributed by atoms with Crippen molar-refractivity contribution in [2.45, 2.75) is 13.8 Å². The lowest BCUT2D eigenvalue weighted by Gasteiger charge is -2.16. The number of amides is 1. The van der Waals surface area contributed by atoms with Crippen LogP contribution in [0.15, 0.2) is 54.6 Å². The molecule has 0 aliphatic carbocycles. The fourth-order valence-corrected chi connectivity index (χ4v) is 2.57. The summed E-state index contributed by atoms with van der Waals surface area (Å²) in [5.74, 6) is 1.24. The van der Waals surface area contributed by atoms with Crippen LogP contribution in [0.25, 0.3) is 6.08 Å². The van der Waals surface area contributed by atoms with E-state index in [1.807, 2.05) is 74.3 Å². The molecule has 0 radical (unpaired) electrons. The van der Waals surface area contributed by atoms with Crippen molar-refractivity contribution in [1.82, 2.24) is 4.90 Å². The number of nitrogens with zero attached hydrogens (tertiary/aromatic N) is 1. The Morgan fingerprint density at radius 2 is 1.74 bits per heavy atom. The SMILES string of the molecule is CCOc1ccc(NC(=O)CN(C)C/C=C/c2ccccc2)cc1OCC. The van der Waals surface area contributed by atoms with Crippen LogP contribution in [0.4, 0.5) is 5.69 Å². The van der Waals surface area contributed by atoms with E-state index in [9.17, 15) is 4.79 Å². The lowest BCUT2D eigenvalue weighted by Crippen LogP contribution is -2.30. The molecule has 27 heavy (non-hydrogen) atoms. The predicted molar refractivity (Wildman–Crippen MR) is 110 cm³/mol. The average molecular weight is 368 g/mol. The fraction of sp³-hybridized carbons (Fsp3) is 0.318. The van der Waals surface area contributed by atoms with Gasteiger partial charge in [0.1, 0.15) is 0 Å². The Hall–Kier alpha value is -2.79. The monoisotopic (exact) mass is 368 g/mol. The molecule has 0 aliphatic rings. The smallest absolute Gasteiger partial charge is 0.238 e. The summed E-state index contributed by atoms with van der Waals surface area (Å²) in [6.07, 6.45) is 4.10. The molecule has 5 heteroatoms. The maximum Gasteiger partial charge on any atom is 0.238 e. The van der Waals surface area contributed by atoms with Gasteiger partial charge in [0.15, 0.2) is 11.5 Å². The molecule has 0 atom stereocenters. The Bertz CT molecular complexity index is 744. The molecule has 2 aromatic carbocycles. The fourth-order valence-electron chi connectivity index (χ4n) is 2.57. The normalized spacial score (nSPS) is 11.0. The zero-order valence-electron chi connectivity index (χ0n) is 16.3. The molecule has 0 aliphatic heterocycles. The minimum absolute atomic E-state index is 0.0720. The van der Waals surface area contributed by atoms with Gasteiger partial charge in [-0.05, 0) is 38.6 Å². The van der Waals surface area contributed by atoms with Crippen molar-refractivity contribution in [2.75, 3.05) is 38.7 Å². The molecular formula is C22H28N2O3. The first-order valence-corrected chi connectivity index (χ1v) is 9.22. The van der Waals surface area contributed by atoms with Crippen LogP contribution in [-0.4, -0.2) is 44.2 Å². The second-order valence-corrected chi connectivity index (χ2v) is 6.09. The average Bonchev–Trinajstić information content (AvgIpc) is 2.65. The molecule has 0 spiro atoms. The molecule has 5 nitrogen and oxygen atoms in total. The van der Waals surface area contributed by atoms with E-state index >= 15 is 0 Å². The predicted octanol–water partition coefficient (Wildman–Crippen LogP) is 4.07. The molecule has 0 saturated heterocycles. The van der Waals surface area contributed by atoms with Crippen molar-refractivity contribution in [3.63, 3.8) is 0 Å². The van der Waals surface area contributed by atoms with Gasteiger partial charge in [-0.15, -0.1) is 0 Å². The molecule has 0 bridgehead atoms. The maximum absolute atomic E-state index is 12.3. The van der Waals surface area contributed by atoms with Gasteiger partial charge < -0.3 is 14.8 Å². The second-order valence-electron chi connectivity index (χ2n) is 6.09. The van der Waals surface area contributed by atoms with Crippen molar-refractivity contribution < 1.29 is 14.3 Å². The first-order chi connectivity index (χ1) is 13.1. The van der Waals surface area contributed by atoms with Crippen molar-refractivity contribution in [2.24, 2.45) is 0 Å². The molecule has 2 rings (SSSR count). The molecule has 0 heterocycles. The highest BCUT2D eigenvalue weighted by atomic mass is 16.5. The molecule has 1 N–H and O–H groups in total. The van der Waals surface area contributed by atoms with Crippen molar-refractivity contribution in [3.8, 4) is 11.5 Å². The number of carbonyl (C=O) groups is 1. The van der Waals surface area contributed by atoms with E-state index in [0.29, 0.717) is 43.5 Å².